The molecule has 0 aliphatic rings. The van der Waals surface area contributed by atoms with Gasteiger partial charge in [-0.05, 0) is 0 Å². The molecule has 0 aromatic rings. The van der Waals surface area contributed by atoms with E-state index in [-0.39, 0.29) is 37.7 Å². The molecule has 0 spiro atoms. The van der Waals surface area contributed by atoms with E-state index in [1.54, 1.807) is 0 Å². The maximum absolute atomic E-state index is 9.67. The summed E-state index contributed by atoms with van der Waals surface area (Å²) >= 11 is 0. The first-order chi connectivity index (χ1) is 7.17. The normalized spacial score (nSPS) is 9.26. The minimum atomic E-state index is -4.93. The zero-order chi connectivity index (χ0) is 14.9. The largest absolute Gasteiger partial charge is 1.00 e. The van der Waals surface area contributed by atoms with Crippen LogP contribution in [-0.4, -0.2) is 46.1 Å². The van der Waals surface area contributed by atoms with E-state index in [0.717, 1.165) is 0 Å². The Balaban J connectivity index is -0.0000000560. The second kappa shape index (κ2) is 15.1. The van der Waals surface area contributed by atoms with Gasteiger partial charge in [-0.1, -0.05) is 0 Å². The minimum absolute atomic E-state index is 0. The molecule has 0 N–H and O–H groups in total. The van der Waals surface area contributed by atoms with E-state index >= 15 is 0 Å². The molecule has 0 aromatic heterocycles. The Kier molecular flexibility index (Phi) is 25.4. The van der Waals surface area contributed by atoms with Gasteiger partial charge < -0.3 is 9.11 Å². The minimum Gasteiger partial charge on any atom is -0.747 e. The van der Waals surface area contributed by atoms with Crippen LogP contribution >= 0.6 is 0 Å². The van der Waals surface area contributed by atoms with Crippen LogP contribution in [0.15, 0.2) is 0 Å². The second-order valence-electron chi connectivity index (χ2n) is 1.73. The summed E-state index contributed by atoms with van der Waals surface area (Å²) < 4.78 is 115. The Bertz CT molecular complexity index is 332. The van der Waals surface area contributed by atoms with Crippen LogP contribution in [0.3, 0.4) is 0 Å². The molecule has 0 rings (SSSR count). The molecule has 0 radical (unpaired) electrons. The number of hydrogen-bond donors (Lipinski definition) is 0. The van der Waals surface area contributed by atoms with Gasteiger partial charge in [0.25, 0.3) is 0 Å². The van der Waals surface area contributed by atoms with Gasteiger partial charge in [-0.15, -0.1) is 0 Å². The van der Waals surface area contributed by atoms with E-state index in [9.17, 15) is 51.8 Å². The van der Waals surface area contributed by atoms with Crippen LogP contribution in [0.2, 0.25) is 0 Å². The fraction of sp³-hybridized carbons (Fsp3) is 1.00. The Morgan fingerprint density at radius 3 is 0.789 bits per heavy atom. The van der Waals surface area contributed by atoms with Crippen LogP contribution in [0.25, 0.3) is 0 Å². The Hall–Kier alpha value is 0.725. The maximum atomic E-state index is 9.67. The van der Waals surface area contributed by atoms with E-state index in [0.29, 0.717) is 0 Å². The van der Waals surface area contributed by atoms with Gasteiger partial charge in [0.2, 0.25) is 0 Å². The van der Waals surface area contributed by atoms with Crippen molar-refractivity contribution in [1.29, 1.82) is 0 Å². The van der Waals surface area contributed by atoms with Crippen molar-refractivity contribution in [2.75, 3.05) is 5.08 Å². The molecule has 0 fully saturated rings. The molecule has 6 nitrogen and oxygen atoms in total. The molecule has 18 heteroatoms. The Morgan fingerprint density at radius 2 is 0.789 bits per heavy atom. The zero-order valence-corrected chi connectivity index (χ0v) is 11.0. The van der Waals surface area contributed by atoms with Gasteiger partial charge in [-0.3, -0.25) is 25.9 Å². The topological polar surface area (TPSA) is 114 Å². The molecule has 104 valence electrons. The molecule has 0 amide bonds. The number of hydrogen-bond acceptors (Lipinski definition) is 6. The molecule has 0 aromatic carbocycles. The SMILES string of the molecule is FB(F)F.FB(F)F.O=S(=O)([O-])CS(=O)(=O)[O-].[Li+].[Li+]. The quantitative estimate of drug-likeness (QED) is 0.284. The van der Waals surface area contributed by atoms with Gasteiger partial charge in [0.1, 0.15) is 25.3 Å². The van der Waals surface area contributed by atoms with Crippen molar-refractivity contribution in [3.63, 3.8) is 0 Å². The monoisotopic (exact) mass is 324 g/mol. The van der Waals surface area contributed by atoms with E-state index < -0.39 is 40.4 Å². The molecule has 0 atom stereocenters. The Morgan fingerprint density at radius 1 is 0.684 bits per heavy atom. The van der Waals surface area contributed by atoms with Crippen LogP contribution in [0.5, 0.6) is 0 Å². The first-order valence-corrected chi connectivity index (χ1v) is 6.04. The average molecular weight is 324 g/mol. The first kappa shape index (κ1) is 31.9. The summed E-state index contributed by atoms with van der Waals surface area (Å²) in [5, 5.41) is -1.88. The van der Waals surface area contributed by atoms with Gasteiger partial charge in [-0.25, -0.2) is 16.8 Å². The van der Waals surface area contributed by atoms with Crippen molar-refractivity contribution in [3.8, 4) is 0 Å². The number of rotatable bonds is 2. The molecule has 0 bridgehead atoms. The average Bonchev–Trinajstić information content (AvgIpc) is 1.70. The second-order valence-corrected chi connectivity index (χ2v) is 4.90. The third kappa shape index (κ3) is 116. The predicted octanol–water partition coefficient (Wildman–Crippen LogP) is -6.20. The van der Waals surface area contributed by atoms with E-state index in [2.05, 4.69) is 0 Å². The summed E-state index contributed by atoms with van der Waals surface area (Å²) in [6, 6.07) is 0. The van der Waals surface area contributed by atoms with E-state index in [1.165, 1.54) is 0 Å². The molecule has 0 aliphatic carbocycles. The third-order valence-corrected chi connectivity index (χ3v) is 2.60. The van der Waals surface area contributed by atoms with Gasteiger partial charge in [0.15, 0.2) is 0 Å². The van der Waals surface area contributed by atoms with Crippen molar-refractivity contribution < 1.29 is 89.6 Å². The van der Waals surface area contributed by atoms with Gasteiger partial charge in [0, 0.05) is 0 Å². The fourth-order valence-electron chi connectivity index (χ4n) is 0.177. The van der Waals surface area contributed by atoms with Gasteiger partial charge in [-0.2, -0.15) is 0 Å². The summed E-state index contributed by atoms with van der Waals surface area (Å²) in [7, 11) is -17.2. The third-order valence-electron chi connectivity index (χ3n) is 0.289. The smallest absolute Gasteiger partial charge is 0.747 e. The van der Waals surface area contributed by atoms with Gasteiger partial charge in [0.05, 0.1) is 0 Å². The van der Waals surface area contributed by atoms with Crippen LogP contribution in [0.4, 0.5) is 25.9 Å². The Labute approximate surface area is 130 Å². The molecule has 0 heterocycles. The molecule has 0 saturated heterocycles. The standard InChI is InChI=1S/CH4O6S2.2BF3.2Li/c2-8(3,4)1-9(5,6)7;2*2-1(3)4;;/h1H2,(H,2,3,4)(H,5,6,7);;;;/q;;;2*+1/p-2. The molecular formula is CH2B2F6Li2O6S2. The fourth-order valence-corrected chi connectivity index (χ4v) is 1.59. The van der Waals surface area contributed by atoms with Crippen molar-refractivity contribution in [2.24, 2.45) is 0 Å². The molecular weight excluding hydrogens is 322 g/mol. The van der Waals surface area contributed by atoms with Crippen molar-refractivity contribution in [1.82, 2.24) is 0 Å². The van der Waals surface area contributed by atoms with Crippen LogP contribution in [-0.2, 0) is 20.2 Å². The van der Waals surface area contributed by atoms with Crippen molar-refractivity contribution in [2.45, 2.75) is 0 Å². The first-order valence-electron chi connectivity index (χ1n) is 2.89. The summed E-state index contributed by atoms with van der Waals surface area (Å²) in [5.74, 6) is 0. The van der Waals surface area contributed by atoms with Crippen LogP contribution in [0, 0.1) is 0 Å². The zero-order valence-electron chi connectivity index (χ0n) is 9.40. The summed E-state index contributed by atoms with van der Waals surface area (Å²) in [4.78, 5) is 0. The maximum Gasteiger partial charge on any atom is 1.00 e. The molecule has 0 saturated carbocycles. The summed E-state index contributed by atoms with van der Waals surface area (Å²) in [6.45, 7) is 0. The van der Waals surface area contributed by atoms with Gasteiger partial charge >= 0.3 is 52.8 Å². The van der Waals surface area contributed by atoms with Crippen molar-refractivity contribution >= 4 is 35.3 Å². The molecule has 0 aliphatic heterocycles. The predicted molar refractivity (Wildman–Crippen MR) is 42.4 cm³/mol. The van der Waals surface area contributed by atoms with E-state index in [4.69, 9.17) is 0 Å². The van der Waals surface area contributed by atoms with E-state index in [1.807, 2.05) is 0 Å². The summed E-state index contributed by atoms with van der Waals surface area (Å²) in [5.41, 5.74) is 0. The van der Waals surface area contributed by atoms with Crippen LogP contribution in [0.1, 0.15) is 0 Å². The summed E-state index contributed by atoms with van der Waals surface area (Å²) in [6.07, 6.45) is 0. The molecule has 19 heavy (non-hydrogen) atoms. The number of halogens is 6. The molecule has 0 unspecified atom stereocenters. The van der Waals surface area contributed by atoms with Crippen molar-refractivity contribution in [3.05, 3.63) is 0 Å². The van der Waals surface area contributed by atoms with Crippen LogP contribution < -0.4 is 37.7 Å².